The lowest BCUT2D eigenvalue weighted by atomic mass is 9.95. The molecule has 262 valence electrons. The van der Waals surface area contributed by atoms with E-state index in [1.807, 2.05) is 0 Å². The van der Waals surface area contributed by atoms with Gasteiger partial charge in [-0.25, -0.2) is 0 Å². The fraction of sp³-hybridized carbons (Fsp3) is 0.973. The standard InChI is InChI=1S/C37H67NO7/c1-3-4-5-6-7-11-14-17-20-31(39)33-22-24-35(44-33)36-25-23-34(45-36)32(40)21-18-15-12-9-8-10-13-16-19-30-27-29(37(41)43-30)26-28(2)38-42/h28-36,39-40H,3-27H2,1-2H3/t28?,29?,30-,31-,32+,33+,34+,35-,36-/m0/s1. The Morgan fingerprint density at radius 3 is 1.67 bits per heavy atom. The van der Waals surface area contributed by atoms with Crippen LogP contribution in [-0.4, -0.2) is 65.0 Å². The van der Waals surface area contributed by atoms with Crippen LogP contribution in [0.2, 0.25) is 0 Å². The summed E-state index contributed by atoms with van der Waals surface area (Å²) in [5, 5.41) is 24.5. The van der Waals surface area contributed by atoms with Gasteiger partial charge in [-0.15, -0.1) is 0 Å². The van der Waals surface area contributed by atoms with Crippen LogP contribution in [0.15, 0.2) is 5.18 Å². The average Bonchev–Trinajstić information content (AvgIpc) is 3.80. The van der Waals surface area contributed by atoms with E-state index in [0.717, 1.165) is 83.5 Å². The van der Waals surface area contributed by atoms with Crippen molar-refractivity contribution in [3.8, 4) is 0 Å². The maximum atomic E-state index is 12.0. The van der Waals surface area contributed by atoms with Crippen LogP contribution in [0, 0.1) is 10.8 Å². The third kappa shape index (κ3) is 14.7. The molecule has 2 N–H and O–H groups in total. The fourth-order valence-electron chi connectivity index (χ4n) is 7.68. The molecule has 0 radical (unpaired) electrons. The van der Waals surface area contributed by atoms with E-state index in [4.69, 9.17) is 14.2 Å². The van der Waals surface area contributed by atoms with Crippen LogP contribution in [0.5, 0.6) is 0 Å². The lowest BCUT2D eigenvalue weighted by Gasteiger charge is -2.24. The van der Waals surface area contributed by atoms with Gasteiger partial charge in [0.2, 0.25) is 0 Å². The number of ether oxygens (including phenoxy) is 3. The van der Waals surface area contributed by atoms with E-state index in [0.29, 0.717) is 6.42 Å². The van der Waals surface area contributed by atoms with Gasteiger partial charge in [-0.3, -0.25) is 4.79 Å². The van der Waals surface area contributed by atoms with Crippen molar-refractivity contribution in [3.05, 3.63) is 4.91 Å². The average molecular weight is 638 g/mol. The zero-order valence-electron chi connectivity index (χ0n) is 28.8. The van der Waals surface area contributed by atoms with Gasteiger partial charge in [0.15, 0.2) is 0 Å². The number of cyclic esters (lactones) is 1. The number of esters is 1. The molecule has 3 heterocycles. The molecule has 0 bridgehead atoms. The second-order valence-corrected chi connectivity index (χ2v) is 14.6. The molecule has 3 saturated heterocycles. The number of nitroso groups, excluding NO2 is 1. The van der Waals surface area contributed by atoms with Gasteiger partial charge in [0, 0.05) is 0 Å². The Bertz CT molecular complexity index is 797. The summed E-state index contributed by atoms with van der Waals surface area (Å²) in [6.45, 7) is 4.00. The number of hydrogen-bond donors (Lipinski definition) is 2. The molecule has 0 aromatic carbocycles. The highest BCUT2D eigenvalue weighted by molar-refractivity contribution is 5.74. The van der Waals surface area contributed by atoms with Crippen molar-refractivity contribution in [3.63, 3.8) is 0 Å². The molecule has 3 aliphatic rings. The van der Waals surface area contributed by atoms with Crippen LogP contribution in [0.25, 0.3) is 0 Å². The Balaban J connectivity index is 1.13. The summed E-state index contributed by atoms with van der Waals surface area (Å²) in [5.41, 5.74) is 0. The minimum atomic E-state index is -0.401. The van der Waals surface area contributed by atoms with Crippen molar-refractivity contribution in [2.24, 2.45) is 11.1 Å². The third-order valence-electron chi connectivity index (χ3n) is 10.5. The zero-order valence-corrected chi connectivity index (χ0v) is 28.8. The van der Waals surface area contributed by atoms with Crippen molar-refractivity contribution < 1.29 is 29.2 Å². The second-order valence-electron chi connectivity index (χ2n) is 14.6. The van der Waals surface area contributed by atoms with Crippen molar-refractivity contribution in [2.45, 2.75) is 223 Å². The molecule has 9 atom stereocenters. The first kappa shape index (κ1) is 38.4. The highest BCUT2D eigenvalue weighted by Gasteiger charge is 2.40. The molecule has 45 heavy (non-hydrogen) atoms. The summed E-state index contributed by atoms with van der Waals surface area (Å²) in [6, 6.07) is -0.325. The Hall–Kier alpha value is -1.09. The van der Waals surface area contributed by atoms with Crippen LogP contribution < -0.4 is 0 Å². The first-order valence-electron chi connectivity index (χ1n) is 19.1. The van der Waals surface area contributed by atoms with Crippen LogP contribution in [-0.2, 0) is 19.0 Å². The van der Waals surface area contributed by atoms with Crippen molar-refractivity contribution >= 4 is 5.97 Å². The Kier molecular flexibility index (Phi) is 19.2. The van der Waals surface area contributed by atoms with Crippen molar-refractivity contribution in [2.75, 3.05) is 0 Å². The Morgan fingerprint density at radius 2 is 1.18 bits per heavy atom. The van der Waals surface area contributed by atoms with E-state index in [1.165, 1.54) is 70.6 Å². The van der Waals surface area contributed by atoms with E-state index >= 15 is 0 Å². The minimum absolute atomic E-state index is 0.0109. The molecule has 3 aliphatic heterocycles. The molecular weight excluding hydrogens is 570 g/mol. The van der Waals surface area contributed by atoms with Gasteiger partial charge in [0.05, 0.1) is 48.6 Å². The lowest BCUT2D eigenvalue weighted by Crippen LogP contribution is -2.33. The Morgan fingerprint density at radius 1 is 0.711 bits per heavy atom. The lowest BCUT2D eigenvalue weighted by molar-refractivity contribution is -0.144. The van der Waals surface area contributed by atoms with Gasteiger partial charge < -0.3 is 24.4 Å². The number of rotatable bonds is 26. The molecule has 8 nitrogen and oxygen atoms in total. The van der Waals surface area contributed by atoms with E-state index < -0.39 is 6.10 Å². The summed E-state index contributed by atoms with van der Waals surface area (Å²) in [6.07, 6.45) is 26.2. The summed E-state index contributed by atoms with van der Waals surface area (Å²) in [7, 11) is 0. The number of carbonyl (C=O) groups excluding carboxylic acids is 1. The normalized spacial score (nSPS) is 28.8. The molecule has 3 fully saturated rings. The number of unbranched alkanes of at least 4 members (excludes halogenated alkanes) is 14. The van der Waals surface area contributed by atoms with E-state index in [-0.39, 0.29) is 54.6 Å². The summed E-state index contributed by atoms with van der Waals surface area (Å²) in [4.78, 5) is 22.6. The second kappa shape index (κ2) is 22.5. The molecule has 0 saturated carbocycles. The summed E-state index contributed by atoms with van der Waals surface area (Å²) < 4.78 is 18.1. The quantitative estimate of drug-likeness (QED) is 0.0554. The topological polar surface area (TPSA) is 115 Å². The van der Waals surface area contributed by atoms with Gasteiger partial charge in [-0.2, -0.15) is 4.91 Å². The number of aliphatic hydroxyl groups is 2. The molecule has 0 aromatic heterocycles. The SMILES string of the molecule is CCCCCCCCCC[C@H](O)[C@H]1CC[C@@H]([C@@H]2CC[C@H]([C@H](O)CCCCCCCCCC[C@H]3CC(CC(C)N=O)C(=O)O3)O2)O1. The highest BCUT2D eigenvalue weighted by atomic mass is 16.6. The number of nitrogens with zero attached hydrogens (tertiary/aromatic N) is 1. The van der Waals surface area contributed by atoms with Crippen LogP contribution >= 0.6 is 0 Å². The molecule has 0 aromatic rings. The zero-order chi connectivity index (χ0) is 32.3. The first-order valence-corrected chi connectivity index (χ1v) is 19.1. The highest BCUT2D eigenvalue weighted by Crippen LogP contribution is 2.35. The van der Waals surface area contributed by atoms with Gasteiger partial charge >= 0.3 is 5.97 Å². The van der Waals surface area contributed by atoms with Crippen molar-refractivity contribution in [1.82, 2.24) is 0 Å². The molecule has 0 spiro atoms. The Labute approximate surface area is 274 Å². The van der Waals surface area contributed by atoms with Crippen LogP contribution in [0.4, 0.5) is 0 Å². The number of carbonyl (C=O) groups is 1. The summed E-state index contributed by atoms with van der Waals surface area (Å²) in [5.74, 6) is -0.317. The van der Waals surface area contributed by atoms with Crippen molar-refractivity contribution in [1.29, 1.82) is 0 Å². The van der Waals surface area contributed by atoms with Gasteiger partial charge in [-0.1, -0.05) is 108 Å². The molecule has 8 heteroatoms. The fourth-order valence-corrected chi connectivity index (χ4v) is 7.68. The maximum absolute atomic E-state index is 12.0. The van der Waals surface area contributed by atoms with Crippen LogP contribution in [0.3, 0.4) is 0 Å². The van der Waals surface area contributed by atoms with Gasteiger partial charge in [0.1, 0.15) is 6.10 Å². The minimum Gasteiger partial charge on any atom is -0.462 e. The first-order chi connectivity index (χ1) is 21.9. The third-order valence-corrected chi connectivity index (χ3v) is 10.5. The van der Waals surface area contributed by atoms with Gasteiger partial charge in [0.25, 0.3) is 0 Å². The van der Waals surface area contributed by atoms with E-state index in [1.54, 1.807) is 6.92 Å². The number of hydrogen-bond acceptors (Lipinski definition) is 8. The van der Waals surface area contributed by atoms with Crippen LogP contribution in [0.1, 0.15) is 174 Å². The maximum Gasteiger partial charge on any atom is 0.309 e. The molecule has 0 amide bonds. The smallest absolute Gasteiger partial charge is 0.309 e. The number of aliphatic hydroxyl groups excluding tert-OH is 2. The van der Waals surface area contributed by atoms with E-state index in [9.17, 15) is 19.9 Å². The summed E-state index contributed by atoms with van der Waals surface area (Å²) >= 11 is 0. The molecular formula is C37H67NO7. The predicted molar refractivity (Wildman–Crippen MR) is 179 cm³/mol. The monoisotopic (exact) mass is 637 g/mol. The molecule has 3 rings (SSSR count). The largest absolute Gasteiger partial charge is 0.462 e. The molecule has 2 unspecified atom stereocenters. The molecule has 0 aliphatic carbocycles. The van der Waals surface area contributed by atoms with Gasteiger partial charge in [-0.05, 0) is 71.1 Å². The predicted octanol–water partition coefficient (Wildman–Crippen LogP) is 8.71. The van der Waals surface area contributed by atoms with E-state index in [2.05, 4.69) is 12.1 Å².